The summed E-state index contributed by atoms with van der Waals surface area (Å²) in [6, 6.07) is 0. The Kier molecular flexibility index (Phi) is 10.2. The summed E-state index contributed by atoms with van der Waals surface area (Å²) in [7, 11) is 0. The summed E-state index contributed by atoms with van der Waals surface area (Å²) >= 11 is 0. The van der Waals surface area contributed by atoms with Crippen molar-refractivity contribution in [2.24, 2.45) is 0 Å². The number of rotatable bonds is 14. The maximum Gasteiger partial charge on any atom is 0.306 e. The number of fused-ring (bicyclic) bond motifs is 1. The van der Waals surface area contributed by atoms with Crippen molar-refractivity contribution in [2.75, 3.05) is 12.3 Å². The van der Waals surface area contributed by atoms with Gasteiger partial charge in [0.15, 0.2) is 29.9 Å². The smallest absolute Gasteiger partial charge is 0.306 e. The minimum atomic E-state index is -1.34. The van der Waals surface area contributed by atoms with Crippen LogP contribution < -0.4 is 5.73 Å². The van der Waals surface area contributed by atoms with E-state index in [9.17, 15) is 28.8 Å². The van der Waals surface area contributed by atoms with E-state index in [0.29, 0.717) is 0 Å². The molecule has 0 radical (unpaired) electrons. The van der Waals surface area contributed by atoms with Gasteiger partial charge in [-0.05, 0) is 13.8 Å². The zero-order valence-corrected chi connectivity index (χ0v) is 21.8. The number of imidazole rings is 1. The topological polar surface area (TPSA) is 229 Å². The number of carboxylic acid groups (broad SMARTS) is 1. The highest BCUT2D eigenvalue weighted by atomic mass is 16.7. The number of aliphatic carboxylic acids is 1. The van der Waals surface area contributed by atoms with Crippen LogP contribution in [-0.2, 0) is 47.7 Å². The molecule has 2 aromatic rings. The molecule has 0 saturated carbocycles. The van der Waals surface area contributed by atoms with Gasteiger partial charge in [-0.3, -0.25) is 23.7 Å². The molecular weight excluding hydrogens is 534 g/mol. The van der Waals surface area contributed by atoms with Crippen LogP contribution in [0.15, 0.2) is 12.7 Å². The fourth-order valence-electron chi connectivity index (χ4n) is 3.82. The summed E-state index contributed by atoms with van der Waals surface area (Å²) in [5, 5.41) is 8.80. The van der Waals surface area contributed by atoms with Crippen molar-refractivity contribution in [1.82, 2.24) is 19.5 Å². The first-order chi connectivity index (χ1) is 19.0. The van der Waals surface area contributed by atoms with E-state index < -0.39 is 67.9 Å². The molecule has 3 rings (SSSR count). The zero-order valence-electron chi connectivity index (χ0n) is 21.8. The quantitative estimate of drug-likeness (QED) is 0.232. The van der Waals surface area contributed by atoms with Crippen LogP contribution in [-0.4, -0.2) is 85.0 Å². The summed E-state index contributed by atoms with van der Waals surface area (Å²) in [6.45, 7) is 2.12. The Balaban J connectivity index is 1.94. The van der Waals surface area contributed by atoms with Gasteiger partial charge in [0, 0.05) is 12.8 Å². The maximum absolute atomic E-state index is 12.7. The van der Waals surface area contributed by atoms with Crippen LogP contribution in [0.1, 0.15) is 58.6 Å². The number of ether oxygens (including phenoxy) is 4. The number of hydrogen-bond acceptors (Lipinski definition) is 14. The molecule has 0 spiro atoms. The highest BCUT2D eigenvalue weighted by molar-refractivity contribution is 5.82. The summed E-state index contributed by atoms with van der Waals surface area (Å²) in [6.07, 6.45) is -4.22. The van der Waals surface area contributed by atoms with Crippen LogP contribution in [0.2, 0.25) is 0 Å². The SMILES string of the molecule is CC(=O)CCC(=O)OC1[C@@H](COC(=O)CCC(=O)O)O[C@@H](n2cnc3c(N)ncnc32)[C@H]1OC(=O)CCC(C)=O. The summed E-state index contributed by atoms with van der Waals surface area (Å²) in [5.41, 5.74) is 6.29. The Morgan fingerprint density at radius 1 is 0.875 bits per heavy atom. The van der Waals surface area contributed by atoms with Crippen LogP contribution in [0.5, 0.6) is 0 Å². The van der Waals surface area contributed by atoms with E-state index in [0.717, 1.165) is 0 Å². The molecule has 1 fully saturated rings. The van der Waals surface area contributed by atoms with E-state index in [-0.39, 0.29) is 54.2 Å². The normalized spacial score (nSPS) is 20.1. The fraction of sp³-hybridized carbons (Fsp3) is 0.542. The van der Waals surface area contributed by atoms with Crippen LogP contribution in [0.4, 0.5) is 5.82 Å². The highest BCUT2D eigenvalue weighted by Gasteiger charge is 2.51. The van der Waals surface area contributed by atoms with Crippen molar-refractivity contribution >= 4 is 52.4 Å². The van der Waals surface area contributed by atoms with Crippen molar-refractivity contribution < 1.29 is 52.8 Å². The molecule has 1 saturated heterocycles. The number of nitrogens with zero attached hydrogens (tertiary/aromatic N) is 4. The van der Waals surface area contributed by atoms with Gasteiger partial charge in [0.25, 0.3) is 0 Å². The number of anilines is 1. The fourth-order valence-corrected chi connectivity index (χ4v) is 3.82. The van der Waals surface area contributed by atoms with Crippen LogP contribution in [0.3, 0.4) is 0 Å². The molecule has 1 aliphatic rings. The largest absolute Gasteiger partial charge is 0.481 e. The number of aromatic nitrogens is 4. The molecule has 0 aliphatic carbocycles. The first kappa shape index (κ1) is 30.1. The number of Topliss-reactive ketones (excluding diaryl/α,β-unsaturated/α-hetero) is 2. The van der Waals surface area contributed by atoms with E-state index in [1.165, 1.54) is 31.1 Å². The molecule has 4 atom stereocenters. The monoisotopic (exact) mass is 563 g/mol. The number of esters is 3. The van der Waals surface area contributed by atoms with Crippen molar-refractivity contribution in [3.05, 3.63) is 12.7 Å². The number of nitrogens with two attached hydrogens (primary N) is 1. The predicted molar refractivity (Wildman–Crippen MR) is 131 cm³/mol. The molecule has 0 aromatic carbocycles. The van der Waals surface area contributed by atoms with Gasteiger partial charge in [-0.2, -0.15) is 0 Å². The molecule has 3 heterocycles. The molecule has 16 heteroatoms. The molecule has 1 unspecified atom stereocenters. The van der Waals surface area contributed by atoms with Gasteiger partial charge in [-0.25, -0.2) is 15.0 Å². The van der Waals surface area contributed by atoms with Crippen LogP contribution in [0, 0.1) is 0 Å². The number of nitrogen functional groups attached to an aromatic ring is 1. The highest BCUT2D eigenvalue weighted by Crippen LogP contribution is 2.36. The first-order valence-corrected chi connectivity index (χ1v) is 12.3. The second-order valence-electron chi connectivity index (χ2n) is 9.04. The van der Waals surface area contributed by atoms with Crippen molar-refractivity contribution in [2.45, 2.75) is 76.9 Å². The van der Waals surface area contributed by atoms with Crippen LogP contribution in [0.25, 0.3) is 11.2 Å². The molecular formula is C24H29N5O11. The number of ketones is 2. The molecule has 216 valence electrons. The third kappa shape index (κ3) is 8.02. The number of carbonyl (C=O) groups is 6. The molecule has 40 heavy (non-hydrogen) atoms. The average molecular weight is 564 g/mol. The summed E-state index contributed by atoms with van der Waals surface area (Å²) in [5.74, 6) is -4.09. The lowest BCUT2D eigenvalue weighted by molar-refractivity contribution is -0.169. The van der Waals surface area contributed by atoms with Gasteiger partial charge in [-0.15, -0.1) is 0 Å². The van der Waals surface area contributed by atoms with E-state index in [1.54, 1.807) is 0 Å². The Labute approximate surface area is 227 Å². The zero-order chi connectivity index (χ0) is 29.4. The standard InChI is InChI=1S/C24H29N5O11/c1-12(30)3-6-17(35)39-20-14(9-37-16(34)8-5-15(32)33)38-24(21(20)40-18(36)7-4-13(2)31)29-11-28-19-22(25)26-10-27-23(19)29/h10-11,14,20-21,24H,3-9H2,1-2H3,(H,32,33)(H2,25,26,27)/t14-,20?,21+,24-/m1/s1. The lowest BCUT2D eigenvalue weighted by Crippen LogP contribution is -2.41. The number of hydrogen-bond donors (Lipinski definition) is 2. The van der Waals surface area contributed by atoms with Gasteiger partial charge in [0.05, 0.1) is 32.0 Å². The molecule has 3 N–H and O–H groups in total. The Hall–Kier alpha value is -4.47. The predicted octanol–water partition coefficient (Wildman–Crippen LogP) is 0.276. The molecule has 1 aliphatic heterocycles. The second-order valence-corrected chi connectivity index (χ2v) is 9.04. The lowest BCUT2D eigenvalue weighted by atomic mass is 10.1. The van der Waals surface area contributed by atoms with E-state index in [2.05, 4.69) is 15.0 Å². The summed E-state index contributed by atoms with van der Waals surface area (Å²) < 4.78 is 23.8. The average Bonchev–Trinajstić information content (AvgIpc) is 3.46. The summed E-state index contributed by atoms with van der Waals surface area (Å²) in [4.78, 5) is 83.1. The molecule has 0 bridgehead atoms. The van der Waals surface area contributed by atoms with Gasteiger partial charge >= 0.3 is 23.9 Å². The Bertz CT molecular complexity index is 1290. The van der Waals surface area contributed by atoms with Crippen molar-refractivity contribution in [1.29, 1.82) is 0 Å². The Morgan fingerprint density at radius 2 is 1.48 bits per heavy atom. The Morgan fingerprint density at radius 3 is 2.08 bits per heavy atom. The van der Waals surface area contributed by atoms with Gasteiger partial charge < -0.3 is 39.4 Å². The maximum atomic E-state index is 12.7. The first-order valence-electron chi connectivity index (χ1n) is 12.3. The third-order valence-electron chi connectivity index (χ3n) is 5.80. The van der Waals surface area contributed by atoms with Crippen molar-refractivity contribution in [3.8, 4) is 0 Å². The van der Waals surface area contributed by atoms with Crippen LogP contribution >= 0.6 is 0 Å². The number of carbonyl (C=O) groups excluding carboxylic acids is 5. The minimum Gasteiger partial charge on any atom is -0.481 e. The van der Waals surface area contributed by atoms with Gasteiger partial charge in [0.2, 0.25) is 0 Å². The number of carboxylic acids is 1. The molecule has 2 aromatic heterocycles. The molecule has 0 amide bonds. The lowest BCUT2D eigenvalue weighted by Gasteiger charge is -2.24. The molecule has 16 nitrogen and oxygen atoms in total. The second kappa shape index (κ2) is 13.5. The van der Waals surface area contributed by atoms with Gasteiger partial charge in [-0.1, -0.05) is 0 Å². The van der Waals surface area contributed by atoms with Gasteiger partial charge in [0.1, 0.15) is 36.1 Å². The van der Waals surface area contributed by atoms with Crippen molar-refractivity contribution in [3.63, 3.8) is 0 Å². The van der Waals surface area contributed by atoms with E-state index >= 15 is 0 Å². The van der Waals surface area contributed by atoms with E-state index in [1.807, 2.05) is 0 Å². The third-order valence-corrected chi connectivity index (χ3v) is 5.80. The van der Waals surface area contributed by atoms with E-state index in [4.69, 9.17) is 29.8 Å². The minimum absolute atomic E-state index is 0.0628.